The summed E-state index contributed by atoms with van der Waals surface area (Å²) in [5.41, 5.74) is 0. The van der Waals surface area contributed by atoms with E-state index < -0.39 is 97.5 Å². The highest BCUT2D eigenvalue weighted by atomic mass is 31.2. The Labute approximate surface area is 594 Å². The van der Waals surface area contributed by atoms with Gasteiger partial charge < -0.3 is 33.8 Å². The molecule has 0 spiro atoms. The van der Waals surface area contributed by atoms with E-state index in [4.69, 9.17) is 37.0 Å². The number of hydrogen-bond donors (Lipinski definition) is 3. The minimum atomic E-state index is -4.96. The first kappa shape index (κ1) is 95.1. The van der Waals surface area contributed by atoms with Gasteiger partial charge in [-0.05, 0) is 37.5 Å². The third-order valence-electron chi connectivity index (χ3n) is 18.2. The molecule has 0 amide bonds. The normalized spacial score (nSPS) is 14.0. The van der Waals surface area contributed by atoms with Gasteiger partial charge in [-0.2, -0.15) is 0 Å². The summed E-state index contributed by atoms with van der Waals surface area (Å²) < 4.78 is 68.6. The van der Waals surface area contributed by atoms with Crippen molar-refractivity contribution in [1.29, 1.82) is 0 Å². The second-order valence-corrected chi connectivity index (χ2v) is 32.0. The molecule has 5 atom stereocenters. The summed E-state index contributed by atoms with van der Waals surface area (Å²) in [7, 11) is -9.92. The molecule has 17 nitrogen and oxygen atoms in total. The van der Waals surface area contributed by atoms with Crippen molar-refractivity contribution < 1.29 is 80.2 Å². The smallest absolute Gasteiger partial charge is 0.462 e. The largest absolute Gasteiger partial charge is 0.472 e. The molecular formula is C78H152O17P2. The highest BCUT2D eigenvalue weighted by Gasteiger charge is 2.30. The molecule has 0 aliphatic heterocycles. The quantitative estimate of drug-likeness (QED) is 0.0222. The molecule has 0 aromatic carbocycles. The van der Waals surface area contributed by atoms with E-state index in [1.807, 2.05) is 0 Å². The summed E-state index contributed by atoms with van der Waals surface area (Å²) >= 11 is 0. The molecule has 0 aliphatic rings. The van der Waals surface area contributed by atoms with E-state index >= 15 is 0 Å². The SMILES string of the molecule is CCCCCCCCCCCCCCCCCCCC(=O)O[C@H](COC(=O)CCCCCCCCCCCCCCC(C)C)COP(=O)(O)OC[C@@H](O)COP(=O)(O)OC[C@@H](COC(=O)CCCCCCCCCCCC(C)C)OC(=O)CCCCCCCCCCCCCCC. The highest BCUT2D eigenvalue weighted by molar-refractivity contribution is 7.47. The lowest BCUT2D eigenvalue weighted by molar-refractivity contribution is -0.161. The third kappa shape index (κ3) is 72.2. The maximum absolute atomic E-state index is 13.1. The van der Waals surface area contributed by atoms with Crippen LogP contribution in [0.2, 0.25) is 0 Å². The second-order valence-electron chi connectivity index (χ2n) is 29.1. The number of rotatable bonds is 77. The van der Waals surface area contributed by atoms with Crippen LogP contribution in [0.1, 0.15) is 408 Å². The van der Waals surface area contributed by atoms with Gasteiger partial charge in [0.25, 0.3) is 0 Å². The van der Waals surface area contributed by atoms with E-state index in [9.17, 15) is 43.2 Å². The summed E-state index contributed by atoms with van der Waals surface area (Å²) in [6.45, 7) is 9.61. The lowest BCUT2D eigenvalue weighted by Crippen LogP contribution is -2.30. The second kappa shape index (κ2) is 69.8. The van der Waals surface area contributed by atoms with Crippen LogP contribution < -0.4 is 0 Å². The molecule has 3 N–H and O–H groups in total. The van der Waals surface area contributed by atoms with Crippen LogP contribution in [0.4, 0.5) is 0 Å². The zero-order valence-electron chi connectivity index (χ0n) is 63.4. The number of aliphatic hydroxyl groups is 1. The summed E-state index contributed by atoms with van der Waals surface area (Å²) in [5, 5.41) is 10.6. The minimum absolute atomic E-state index is 0.107. The lowest BCUT2D eigenvalue weighted by Gasteiger charge is -2.21. The van der Waals surface area contributed by atoms with E-state index in [1.54, 1.807) is 0 Å². The average Bonchev–Trinajstić information content (AvgIpc) is 1.11. The molecule has 0 rings (SSSR count). The molecular weight excluding hydrogens is 1270 g/mol. The third-order valence-corrected chi connectivity index (χ3v) is 20.1. The Kier molecular flexibility index (Phi) is 68.4. The molecule has 0 saturated carbocycles. The van der Waals surface area contributed by atoms with Crippen molar-refractivity contribution in [2.24, 2.45) is 11.8 Å². The number of esters is 4. The maximum atomic E-state index is 13.1. The monoisotopic (exact) mass is 1420 g/mol. The number of phosphoric ester groups is 2. The zero-order chi connectivity index (χ0) is 71.4. The van der Waals surface area contributed by atoms with Crippen LogP contribution in [0.25, 0.3) is 0 Å². The van der Waals surface area contributed by atoms with E-state index in [2.05, 4.69) is 41.5 Å². The van der Waals surface area contributed by atoms with Gasteiger partial charge in [0.15, 0.2) is 12.2 Å². The summed E-state index contributed by atoms with van der Waals surface area (Å²) in [5.74, 6) is -0.584. The molecule has 97 heavy (non-hydrogen) atoms. The minimum Gasteiger partial charge on any atom is -0.462 e. The van der Waals surface area contributed by atoms with E-state index in [1.165, 1.54) is 225 Å². The van der Waals surface area contributed by atoms with Crippen LogP contribution in [-0.2, 0) is 65.4 Å². The van der Waals surface area contributed by atoms with Gasteiger partial charge in [-0.15, -0.1) is 0 Å². The Morgan fingerprint density at radius 2 is 0.474 bits per heavy atom. The highest BCUT2D eigenvalue weighted by Crippen LogP contribution is 2.45. The fourth-order valence-corrected chi connectivity index (χ4v) is 13.6. The van der Waals surface area contributed by atoms with Crippen molar-refractivity contribution in [2.45, 2.75) is 426 Å². The van der Waals surface area contributed by atoms with Crippen LogP contribution in [-0.4, -0.2) is 96.7 Å². The topological polar surface area (TPSA) is 237 Å². The van der Waals surface area contributed by atoms with Gasteiger partial charge >= 0.3 is 39.5 Å². The van der Waals surface area contributed by atoms with E-state index in [-0.39, 0.29) is 25.7 Å². The van der Waals surface area contributed by atoms with Crippen LogP contribution in [0.3, 0.4) is 0 Å². The number of carbonyl (C=O) groups is 4. The Balaban J connectivity index is 5.26. The fourth-order valence-electron chi connectivity index (χ4n) is 12.0. The van der Waals surface area contributed by atoms with Crippen LogP contribution in [0, 0.1) is 11.8 Å². The number of ether oxygens (including phenoxy) is 4. The Hall–Kier alpha value is -1.94. The number of carbonyl (C=O) groups excluding carboxylic acids is 4. The van der Waals surface area contributed by atoms with Crippen molar-refractivity contribution in [1.82, 2.24) is 0 Å². The predicted octanol–water partition coefficient (Wildman–Crippen LogP) is 23.1. The van der Waals surface area contributed by atoms with Crippen LogP contribution in [0.5, 0.6) is 0 Å². The summed E-state index contributed by atoms with van der Waals surface area (Å²) in [4.78, 5) is 72.9. The van der Waals surface area contributed by atoms with Crippen LogP contribution >= 0.6 is 15.6 Å². The standard InChI is InChI=1S/C78H152O17P2/c1-7-9-11-13-15-17-19-21-22-23-24-26-32-38-45-51-57-63-78(83)94-73(66-88-75(80)60-54-48-42-36-30-28-27-29-34-40-46-52-58-70(3)4)68-92-96(84,85)90-64-72(79)65-91-97(86,87)93-69-74(67-89-76(81)61-55-49-43-39-33-35-41-47-53-59-71(5)6)95-77(82)62-56-50-44-37-31-25-20-18-16-14-12-10-8-2/h70-74,79H,7-69H2,1-6H3,(H,84,85)(H,86,87)/t72-,73-,74-/m1/s1. The molecule has 0 bridgehead atoms. The lowest BCUT2D eigenvalue weighted by atomic mass is 10.0. The first-order valence-corrected chi connectivity index (χ1v) is 43.5. The Morgan fingerprint density at radius 3 is 0.701 bits per heavy atom. The molecule has 0 aromatic heterocycles. The maximum Gasteiger partial charge on any atom is 0.472 e. The van der Waals surface area contributed by atoms with Gasteiger partial charge in [-0.3, -0.25) is 37.3 Å². The van der Waals surface area contributed by atoms with Crippen molar-refractivity contribution in [3.05, 3.63) is 0 Å². The molecule has 0 radical (unpaired) electrons. The van der Waals surface area contributed by atoms with Crippen molar-refractivity contribution in [3.63, 3.8) is 0 Å². The predicted molar refractivity (Wildman–Crippen MR) is 395 cm³/mol. The molecule has 2 unspecified atom stereocenters. The Morgan fingerprint density at radius 1 is 0.278 bits per heavy atom. The van der Waals surface area contributed by atoms with E-state index in [0.717, 1.165) is 102 Å². The van der Waals surface area contributed by atoms with Crippen molar-refractivity contribution >= 4 is 39.5 Å². The van der Waals surface area contributed by atoms with Gasteiger partial charge in [-0.1, -0.05) is 356 Å². The van der Waals surface area contributed by atoms with Crippen molar-refractivity contribution in [2.75, 3.05) is 39.6 Å². The molecule has 0 saturated heterocycles. The summed E-state index contributed by atoms with van der Waals surface area (Å²) in [6, 6.07) is 0. The van der Waals surface area contributed by atoms with Gasteiger partial charge in [0, 0.05) is 25.7 Å². The summed E-state index contributed by atoms with van der Waals surface area (Å²) in [6.07, 6.45) is 58.1. The molecule has 0 aliphatic carbocycles. The number of hydrogen-bond acceptors (Lipinski definition) is 15. The van der Waals surface area contributed by atoms with Gasteiger partial charge in [0.1, 0.15) is 19.3 Å². The average molecular weight is 1420 g/mol. The molecule has 0 aromatic rings. The Bertz CT molecular complexity index is 1870. The number of aliphatic hydroxyl groups excluding tert-OH is 1. The fraction of sp³-hybridized carbons (Fsp3) is 0.949. The van der Waals surface area contributed by atoms with Gasteiger partial charge in [0.05, 0.1) is 26.4 Å². The van der Waals surface area contributed by atoms with Gasteiger partial charge in [0.2, 0.25) is 0 Å². The molecule has 0 fully saturated rings. The van der Waals surface area contributed by atoms with Crippen LogP contribution in [0.15, 0.2) is 0 Å². The molecule has 0 heterocycles. The van der Waals surface area contributed by atoms with Gasteiger partial charge in [-0.25, -0.2) is 9.13 Å². The first-order chi connectivity index (χ1) is 46.9. The van der Waals surface area contributed by atoms with Crippen molar-refractivity contribution in [3.8, 4) is 0 Å². The number of unbranched alkanes of at least 4 members (excludes halogenated alkanes) is 47. The van der Waals surface area contributed by atoms with E-state index in [0.29, 0.717) is 25.7 Å². The number of phosphoric acid groups is 2. The first-order valence-electron chi connectivity index (χ1n) is 40.5. The molecule has 19 heteroatoms. The zero-order valence-corrected chi connectivity index (χ0v) is 65.2. The molecule has 576 valence electrons.